The molecule has 2 aromatic heterocycles. The fraction of sp³-hybridized carbons (Fsp3) is 0.0909. The Balaban J connectivity index is 1.59. The van der Waals surface area contributed by atoms with Gasteiger partial charge in [0.05, 0.1) is 17.9 Å². The van der Waals surface area contributed by atoms with Crippen LogP contribution in [0, 0.1) is 0 Å². The van der Waals surface area contributed by atoms with Crippen LogP contribution in [0.1, 0.15) is 0 Å². The van der Waals surface area contributed by atoms with E-state index in [4.69, 9.17) is 16.3 Å². The Labute approximate surface area is 188 Å². The summed E-state index contributed by atoms with van der Waals surface area (Å²) in [5.74, 6) is 1.77. The van der Waals surface area contributed by atoms with Gasteiger partial charge in [-0.3, -0.25) is 9.36 Å². The number of para-hydroxylation sites is 1. The highest BCUT2D eigenvalue weighted by atomic mass is 35.5. The number of halogens is 1. The van der Waals surface area contributed by atoms with Gasteiger partial charge in [-0.25, -0.2) is 4.98 Å². The summed E-state index contributed by atoms with van der Waals surface area (Å²) in [6.45, 7) is 0. The van der Waals surface area contributed by atoms with Gasteiger partial charge in [-0.05, 0) is 36.4 Å². The van der Waals surface area contributed by atoms with E-state index in [0.29, 0.717) is 21.8 Å². The lowest BCUT2D eigenvalue weighted by Crippen LogP contribution is -2.15. The molecule has 2 heterocycles. The van der Waals surface area contributed by atoms with Gasteiger partial charge in [0.15, 0.2) is 11.0 Å². The highest BCUT2D eigenvalue weighted by molar-refractivity contribution is 7.99. The van der Waals surface area contributed by atoms with Gasteiger partial charge < -0.3 is 10.1 Å². The predicted octanol–water partition coefficient (Wildman–Crippen LogP) is 4.72. The molecule has 0 aliphatic carbocycles. The zero-order valence-corrected chi connectivity index (χ0v) is 18.1. The number of amides is 1. The van der Waals surface area contributed by atoms with E-state index in [-0.39, 0.29) is 11.7 Å². The number of nitrogens with one attached hydrogen (secondary N) is 1. The second kappa shape index (κ2) is 9.63. The van der Waals surface area contributed by atoms with E-state index in [0.717, 1.165) is 17.0 Å². The minimum atomic E-state index is -0.203. The van der Waals surface area contributed by atoms with Crippen molar-refractivity contribution in [1.29, 1.82) is 0 Å². The minimum absolute atomic E-state index is 0.146. The minimum Gasteiger partial charge on any atom is -0.497 e. The van der Waals surface area contributed by atoms with Gasteiger partial charge in [-0.1, -0.05) is 53.7 Å². The summed E-state index contributed by atoms with van der Waals surface area (Å²) in [7, 11) is 1.62. The zero-order valence-electron chi connectivity index (χ0n) is 16.5. The monoisotopic (exact) mass is 451 g/mol. The second-order valence-electron chi connectivity index (χ2n) is 6.41. The third kappa shape index (κ3) is 5.04. The lowest BCUT2D eigenvalue weighted by Gasteiger charge is -2.11. The number of carbonyl (C=O) groups is 1. The van der Waals surface area contributed by atoms with E-state index in [9.17, 15) is 4.79 Å². The Bertz CT molecular complexity index is 1180. The summed E-state index contributed by atoms with van der Waals surface area (Å²) >= 11 is 7.12. The summed E-state index contributed by atoms with van der Waals surface area (Å²) in [5.41, 5.74) is 1.75. The van der Waals surface area contributed by atoms with Gasteiger partial charge in [-0.15, -0.1) is 10.2 Å². The van der Waals surface area contributed by atoms with Crippen molar-refractivity contribution in [2.24, 2.45) is 0 Å². The second-order valence-corrected chi connectivity index (χ2v) is 7.79. The summed E-state index contributed by atoms with van der Waals surface area (Å²) in [6.07, 6.45) is 1.48. The largest absolute Gasteiger partial charge is 0.497 e. The molecule has 0 aliphatic heterocycles. The number of rotatable bonds is 7. The molecule has 2 aromatic carbocycles. The maximum atomic E-state index is 12.4. The molecule has 156 valence electrons. The number of thioether (sulfide) groups is 1. The molecule has 0 saturated carbocycles. The van der Waals surface area contributed by atoms with Crippen LogP contribution in [0.15, 0.2) is 78.1 Å². The number of nitrogens with zero attached hydrogens (tertiary/aromatic N) is 4. The average molecular weight is 452 g/mol. The van der Waals surface area contributed by atoms with Crippen LogP contribution in [-0.4, -0.2) is 38.5 Å². The Morgan fingerprint density at radius 2 is 1.94 bits per heavy atom. The van der Waals surface area contributed by atoms with Crippen LogP contribution in [0.2, 0.25) is 5.02 Å². The van der Waals surface area contributed by atoms with Gasteiger partial charge in [0.1, 0.15) is 11.6 Å². The molecule has 0 fully saturated rings. The lowest BCUT2D eigenvalue weighted by molar-refractivity contribution is -0.113. The Hall–Kier alpha value is -3.36. The number of pyridine rings is 1. The maximum Gasteiger partial charge on any atom is 0.236 e. The first-order chi connectivity index (χ1) is 15.1. The first-order valence-corrected chi connectivity index (χ1v) is 10.7. The van der Waals surface area contributed by atoms with E-state index in [1.54, 1.807) is 19.2 Å². The third-order valence-electron chi connectivity index (χ3n) is 4.30. The number of benzene rings is 2. The highest BCUT2D eigenvalue weighted by Crippen LogP contribution is 2.29. The summed E-state index contributed by atoms with van der Waals surface area (Å²) in [6, 6.07) is 20.7. The molecule has 0 unspecified atom stereocenters. The van der Waals surface area contributed by atoms with Gasteiger partial charge in [0.25, 0.3) is 0 Å². The molecule has 4 rings (SSSR count). The average Bonchev–Trinajstić information content (AvgIpc) is 3.24. The van der Waals surface area contributed by atoms with Crippen LogP contribution in [0.3, 0.4) is 0 Å². The molecular formula is C22H18ClN5O2S. The van der Waals surface area contributed by atoms with Crippen LogP contribution in [0.4, 0.5) is 5.82 Å². The SMILES string of the molecule is COc1cccc(-c2nnc(SCC(=O)Nc3ccc(Cl)cn3)n2-c2ccccc2)c1. The fourth-order valence-electron chi connectivity index (χ4n) is 2.88. The summed E-state index contributed by atoms with van der Waals surface area (Å²) in [5, 5.41) is 12.6. The van der Waals surface area contributed by atoms with Crippen LogP contribution < -0.4 is 10.1 Å². The van der Waals surface area contributed by atoms with Crippen LogP contribution >= 0.6 is 23.4 Å². The number of hydrogen-bond acceptors (Lipinski definition) is 6. The maximum absolute atomic E-state index is 12.4. The molecule has 1 N–H and O–H groups in total. The number of hydrogen-bond donors (Lipinski definition) is 1. The van der Waals surface area contributed by atoms with Crippen molar-refractivity contribution in [3.8, 4) is 22.8 Å². The Kier molecular flexibility index (Phi) is 6.49. The third-order valence-corrected chi connectivity index (χ3v) is 5.46. The van der Waals surface area contributed by atoms with E-state index < -0.39 is 0 Å². The molecule has 4 aromatic rings. The van der Waals surface area contributed by atoms with Crippen molar-refractivity contribution in [1.82, 2.24) is 19.7 Å². The Morgan fingerprint density at radius 1 is 1.10 bits per heavy atom. The van der Waals surface area contributed by atoms with Crippen molar-refractivity contribution in [2.45, 2.75) is 5.16 Å². The number of ether oxygens (including phenoxy) is 1. The molecule has 0 atom stereocenters. The molecule has 0 spiro atoms. The van der Waals surface area contributed by atoms with Crippen LogP contribution in [0.25, 0.3) is 17.1 Å². The molecule has 0 aliphatic rings. The van der Waals surface area contributed by atoms with Crippen LogP contribution in [0.5, 0.6) is 5.75 Å². The van der Waals surface area contributed by atoms with Gasteiger partial charge >= 0.3 is 0 Å². The first kappa shape index (κ1) is 20.9. The zero-order chi connectivity index (χ0) is 21.6. The van der Waals surface area contributed by atoms with Crippen LogP contribution in [-0.2, 0) is 4.79 Å². The quantitative estimate of drug-likeness (QED) is 0.409. The first-order valence-electron chi connectivity index (χ1n) is 9.33. The van der Waals surface area contributed by atoms with Crippen molar-refractivity contribution < 1.29 is 9.53 Å². The van der Waals surface area contributed by atoms with Gasteiger partial charge in [0.2, 0.25) is 5.91 Å². The van der Waals surface area contributed by atoms with E-state index >= 15 is 0 Å². The molecule has 0 saturated heterocycles. The van der Waals surface area contributed by atoms with Crippen molar-refractivity contribution in [2.75, 3.05) is 18.2 Å². The Morgan fingerprint density at radius 3 is 2.68 bits per heavy atom. The molecule has 7 nitrogen and oxygen atoms in total. The van der Waals surface area contributed by atoms with Gasteiger partial charge in [0, 0.05) is 17.4 Å². The lowest BCUT2D eigenvalue weighted by atomic mass is 10.2. The van der Waals surface area contributed by atoms with E-state index in [1.807, 2.05) is 59.2 Å². The number of aromatic nitrogens is 4. The summed E-state index contributed by atoms with van der Waals surface area (Å²) in [4.78, 5) is 16.5. The number of methoxy groups -OCH3 is 1. The van der Waals surface area contributed by atoms with Crippen molar-refractivity contribution >= 4 is 35.1 Å². The van der Waals surface area contributed by atoms with E-state index in [2.05, 4.69) is 20.5 Å². The predicted molar refractivity (Wildman–Crippen MR) is 122 cm³/mol. The topological polar surface area (TPSA) is 81.9 Å². The molecule has 1 amide bonds. The molecule has 0 bridgehead atoms. The summed E-state index contributed by atoms with van der Waals surface area (Å²) < 4.78 is 7.27. The molecular weight excluding hydrogens is 434 g/mol. The molecule has 31 heavy (non-hydrogen) atoms. The number of anilines is 1. The number of carbonyl (C=O) groups excluding carboxylic acids is 1. The highest BCUT2D eigenvalue weighted by Gasteiger charge is 2.18. The normalized spacial score (nSPS) is 10.6. The van der Waals surface area contributed by atoms with E-state index in [1.165, 1.54) is 18.0 Å². The smallest absolute Gasteiger partial charge is 0.236 e. The molecule has 0 radical (unpaired) electrons. The van der Waals surface area contributed by atoms with Gasteiger partial charge in [-0.2, -0.15) is 0 Å². The molecule has 9 heteroatoms. The standard InChI is InChI=1S/C22H18ClN5O2S/c1-30-18-9-5-6-15(12-18)21-26-27-22(28(21)17-7-3-2-4-8-17)31-14-20(29)25-19-11-10-16(23)13-24-19/h2-13H,14H2,1H3,(H,24,25,29). The van der Waals surface area contributed by atoms with Crippen molar-refractivity contribution in [3.05, 3.63) is 77.9 Å². The van der Waals surface area contributed by atoms with Crippen molar-refractivity contribution in [3.63, 3.8) is 0 Å². The fourth-order valence-corrected chi connectivity index (χ4v) is 3.74.